The molecule has 1 atom stereocenters. The summed E-state index contributed by atoms with van der Waals surface area (Å²) in [6, 6.07) is 7.65. The maximum atomic E-state index is 11.1. The van der Waals surface area contributed by atoms with Gasteiger partial charge in [0.15, 0.2) is 0 Å². The summed E-state index contributed by atoms with van der Waals surface area (Å²) in [7, 11) is 0. The van der Waals surface area contributed by atoms with E-state index in [0.717, 1.165) is 41.4 Å². The zero-order chi connectivity index (χ0) is 15.5. The van der Waals surface area contributed by atoms with Gasteiger partial charge in [-0.25, -0.2) is 4.98 Å². The van der Waals surface area contributed by atoms with Crippen molar-refractivity contribution >= 4 is 28.9 Å². The number of nitrogens with zero attached hydrogens (tertiary/aromatic N) is 2. The molecule has 0 spiro atoms. The first-order valence-electron chi connectivity index (χ1n) is 7.27. The lowest BCUT2D eigenvalue weighted by Crippen LogP contribution is -2.37. The van der Waals surface area contributed by atoms with Crippen molar-refractivity contribution in [1.82, 2.24) is 9.88 Å². The number of benzene rings is 1. The monoisotopic (exact) mass is 336 g/mol. The molecule has 0 bridgehead atoms. The molecule has 22 heavy (non-hydrogen) atoms. The Hall–Kier alpha value is -1.43. The van der Waals surface area contributed by atoms with E-state index >= 15 is 0 Å². The zero-order valence-corrected chi connectivity index (χ0v) is 13.6. The predicted molar refractivity (Wildman–Crippen MR) is 88.2 cm³/mol. The summed E-state index contributed by atoms with van der Waals surface area (Å²) >= 11 is 7.55. The Morgan fingerprint density at radius 1 is 1.41 bits per heavy atom. The number of rotatable bonds is 4. The summed E-state index contributed by atoms with van der Waals surface area (Å²) in [4.78, 5) is 19.0. The molecule has 6 heteroatoms. The topological polar surface area (TPSA) is 53.4 Å². The maximum Gasteiger partial charge on any atom is 0.307 e. The molecule has 0 saturated carbocycles. The van der Waals surface area contributed by atoms with Gasteiger partial charge in [0.05, 0.1) is 5.92 Å². The quantitative estimate of drug-likeness (QED) is 0.923. The number of aromatic nitrogens is 1. The van der Waals surface area contributed by atoms with Crippen LogP contribution in [0.4, 0.5) is 0 Å². The third kappa shape index (κ3) is 3.66. The Morgan fingerprint density at radius 3 is 2.91 bits per heavy atom. The molecule has 1 unspecified atom stereocenters. The lowest BCUT2D eigenvalue weighted by molar-refractivity contribution is -0.143. The lowest BCUT2D eigenvalue weighted by atomic mass is 9.98. The van der Waals surface area contributed by atoms with Gasteiger partial charge < -0.3 is 5.11 Å². The van der Waals surface area contributed by atoms with Crippen LogP contribution in [0.15, 0.2) is 30.5 Å². The largest absolute Gasteiger partial charge is 0.481 e. The minimum atomic E-state index is -0.684. The number of aliphatic carboxylic acids is 1. The number of hydrogen-bond donors (Lipinski definition) is 1. The van der Waals surface area contributed by atoms with Crippen LogP contribution in [0.3, 0.4) is 0 Å². The molecule has 0 radical (unpaired) electrons. The lowest BCUT2D eigenvalue weighted by Gasteiger charge is -2.29. The Kier molecular flexibility index (Phi) is 4.76. The molecule has 1 aromatic carbocycles. The van der Waals surface area contributed by atoms with Crippen molar-refractivity contribution in [3.8, 4) is 10.6 Å². The van der Waals surface area contributed by atoms with Gasteiger partial charge in [-0.2, -0.15) is 0 Å². The van der Waals surface area contributed by atoms with E-state index in [1.807, 2.05) is 30.5 Å². The summed E-state index contributed by atoms with van der Waals surface area (Å²) in [5.74, 6) is -0.923. The first-order valence-corrected chi connectivity index (χ1v) is 8.47. The highest BCUT2D eigenvalue weighted by Gasteiger charge is 2.25. The molecule has 3 rings (SSSR count). The van der Waals surface area contributed by atoms with Crippen LogP contribution in [0.25, 0.3) is 10.6 Å². The molecule has 1 aliphatic heterocycles. The summed E-state index contributed by atoms with van der Waals surface area (Å²) in [6.45, 7) is 2.36. The van der Waals surface area contributed by atoms with Gasteiger partial charge in [0.2, 0.25) is 0 Å². The normalized spacial score (nSPS) is 19.2. The van der Waals surface area contributed by atoms with E-state index in [0.29, 0.717) is 11.6 Å². The van der Waals surface area contributed by atoms with Crippen LogP contribution >= 0.6 is 22.9 Å². The Bertz CT molecular complexity index is 656. The van der Waals surface area contributed by atoms with E-state index in [9.17, 15) is 4.79 Å². The van der Waals surface area contributed by atoms with Gasteiger partial charge in [-0.15, -0.1) is 11.3 Å². The van der Waals surface area contributed by atoms with Crippen LogP contribution in [0.5, 0.6) is 0 Å². The van der Waals surface area contributed by atoms with Crippen LogP contribution in [0.1, 0.15) is 17.7 Å². The predicted octanol–water partition coefficient (Wildman–Crippen LogP) is 3.76. The van der Waals surface area contributed by atoms with Gasteiger partial charge >= 0.3 is 5.97 Å². The van der Waals surface area contributed by atoms with Gasteiger partial charge in [-0.1, -0.05) is 23.7 Å². The van der Waals surface area contributed by atoms with Crippen molar-refractivity contribution in [2.45, 2.75) is 19.4 Å². The Morgan fingerprint density at radius 2 is 2.18 bits per heavy atom. The second-order valence-electron chi connectivity index (χ2n) is 5.55. The highest BCUT2D eigenvalue weighted by molar-refractivity contribution is 7.15. The van der Waals surface area contributed by atoms with Crippen molar-refractivity contribution in [3.63, 3.8) is 0 Å². The molecule has 1 aliphatic rings. The van der Waals surface area contributed by atoms with Crippen molar-refractivity contribution in [3.05, 3.63) is 40.4 Å². The van der Waals surface area contributed by atoms with Gasteiger partial charge in [0, 0.05) is 34.7 Å². The number of carboxylic acids is 1. The Balaban J connectivity index is 1.66. The molecule has 1 saturated heterocycles. The molecule has 1 N–H and O–H groups in total. The fraction of sp³-hybridized carbons (Fsp3) is 0.375. The van der Waals surface area contributed by atoms with E-state index in [-0.39, 0.29) is 5.92 Å². The molecule has 4 nitrogen and oxygen atoms in total. The second-order valence-corrected chi connectivity index (χ2v) is 7.10. The number of hydrogen-bond acceptors (Lipinski definition) is 4. The number of halogens is 1. The molecule has 2 aromatic rings. The standard InChI is InChI=1S/C16H17ClN2O2S/c17-13-5-3-11(4-6-13)15-18-8-14(22-15)10-19-7-1-2-12(9-19)16(20)21/h3-6,8,12H,1-2,7,9-10H2,(H,20,21). The molecule has 0 amide bonds. The molecule has 1 aromatic heterocycles. The van der Waals surface area contributed by atoms with Crippen LogP contribution in [0, 0.1) is 5.92 Å². The van der Waals surface area contributed by atoms with Gasteiger partial charge in [0.25, 0.3) is 0 Å². The maximum absolute atomic E-state index is 11.1. The summed E-state index contributed by atoms with van der Waals surface area (Å²) in [5.41, 5.74) is 1.06. The minimum Gasteiger partial charge on any atom is -0.481 e. The van der Waals surface area contributed by atoms with E-state index in [4.69, 9.17) is 16.7 Å². The third-order valence-electron chi connectivity index (χ3n) is 3.88. The fourth-order valence-corrected chi connectivity index (χ4v) is 3.81. The third-order valence-corrected chi connectivity index (χ3v) is 5.16. The molecular formula is C16H17ClN2O2S. The highest BCUT2D eigenvalue weighted by atomic mass is 35.5. The zero-order valence-electron chi connectivity index (χ0n) is 12.0. The molecule has 0 aliphatic carbocycles. The van der Waals surface area contributed by atoms with Crippen LogP contribution in [0.2, 0.25) is 5.02 Å². The first-order chi connectivity index (χ1) is 10.6. The molecular weight excluding hydrogens is 320 g/mol. The van der Waals surface area contributed by atoms with Crippen LogP contribution in [-0.2, 0) is 11.3 Å². The number of piperidine rings is 1. The van der Waals surface area contributed by atoms with E-state index in [1.54, 1.807) is 11.3 Å². The van der Waals surface area contributed by atoms with Gasteiger partial charge in [0.1, 0.15) is 5.01 Å². The van der Waals surface area contributed by atoms with Crippen LogP contribution in [-0.4, -0.2) is 34.0 Å². The first kappa shape index (κ1) is 15.5. The van der Waals surface area contributed by atoms with Crippen molar-refractivity contribution < 1.29 is 9.90 Å². The SMILES string of the molecule is O=C(O)C1CCCN(Cc2cnc(-c3ccc(Cl)cc3)s2)C1. The fourth-order valence-electron chi connectivity index (χ4n) is 2.73. The summed E-state index contributed by atoms with van der Waals surface area (Å²) in [6.07, 6.45) is 3.61. The second kappa shape index (κ2) is 6.77. The van der Waals surface area contributed by atoms with E-state index < -0.39 is 5.97 Å². The molecule has 1 fully saturated rings. The number of carbonyl (C=O) groups is 1. The van der Waals surface area contributed by atoms with E-state index in [1.165, 1.54) is 0 Å². The number of thiazole rings is 1. The van der Waals surface area contributed by atoms with Crippen LogP contribution < -0.4 is 0 Å². The van der Waals surface area contributed by atoms with E-state index in [2.05, 4.69) is 9.88 Å². The van der Waals surface area contributed by atoms with Gasteiger partial charge in [-0.3, -0.25) is 9.69 Å². The smallest absolute Gasteiger partial charge is 0.307 e. The Labute approximate surface area is 138 Å². The average molecular weight is 337 g/mol. The number of carboxylic acid groups (broad SMARTS) is 1. The summed E-state index contributed by atoms with van der Waals surface area (Å²) in [5, 5.41) is 10.8. The summed E-state index contributed by atoms with van der Waals surface area (Å²) < 4.78 is 0. The molecule has 2 heterocycles. The highest BCUT2D eigenvalue weighted by Crippen LogP contribution is 2.28. The van der Waals surface area contributed by atoms with Gasteiger partial charge in [-0.05, 0) is 31.5 Å². The van der Waals surface area contributed by atoms with Crippen molar-refractivity contribution in [2.75, 3.05) is 13.1 Å². The van der Waals surface area contributed by atoms with Crippen molar-refractivity contribution in [1.29, 1.82) is 0 Å². The molecule has 116 valence electrons. The van der Waals surface area contributed by atoms with Crippen molar-refractivity contribution in [2.24, 2.45) is 5.92 Å². The average Bonchev–Trinajstić information content (AvgIpc) is 2.96. The number of likely N-dealkylation sites (tertiary alicyclic amines) is 1. The minimum absolute atomic E-state index is 0.239.